The molecule has 1 atom stereocenters. The molecule has 2 heterocycles. The van der Waals surface area contributed by atoms with Crippen molar-refractivity contribution in [1.29, 1.82) is 0 Å². The zero-order chi connectivity index (χ0) is 22.7. The molecule has 2 N–H and O–H groups in total. The molecule has 4 rings (SSSR count). The van der Waals surface area contributed by atoms with Gasteiger partial charge in [0, 0.05) is 23.3 Å². The summed E-state index contributed by atoms with van der Waals surface area (Å²) in [5, 5.41) is 1.89. The van der Waals surface area contributed by atoms with Crippen molar-refractivity contribution in [1.82, 2.24) is 4.90 Å². The normalized spacial score (nSPS) is 18.4. The molecule has 0 spiro atoms. The summed E-state index contributed by atoms with van der Waals surface area (Å²) in [7, 11) is 1.65. The van der Waals surface area contributed by atoms with Gasteiger partial charge in [-0.15, -0.1) is 11.3 Å². The van der Waals surface area contributed by atoms with Crippen LogP contribution in [0.4, 0.5) is 0 Å². The van der Waals surface area contributed by atoms with Gasteiger partial charge < -0.3 is 15.4 Å². The number of hydrogen-bond acceptors (Lipinski definition) is 4. The zero-order valence-corrected chi connectivity index (χ0v) is 19.3. The van der Waals surface area contributed by atoms with E-state index in [1.165, 1.54) is 0 Å². The number of amides is 2. The summed E-state index contributed by atoms with van der Waals surface area (Å²) >= 11 is 1.56. The Morgan fingerprint density at radius 3 is 2.31 bits per heavy atom. The lowest BCUT2D eigenvalue weighted by Crippen LogP contribution is -2.53. The largest absolute Gasteiger partial charge is 0.497 e. The third-order valence-corrected chi connectivity index (χ3v) is 7.15. The monoisotopic (exact) mass is 448 g/mol. The van der Waals surface area contributed by atoms with Gasteiger partial charge in [0.25, 0.3) is 5.91 Å². The van der Waals surface area contributed by atoms with E-state index in [1.54, 1.807) is 23.3 Å². The van der Waals surface area contributed by atoms with Gasteiger partial charge in [0.15, 0.2) is 0 Å². The van der Waals surface area contributed by atoms with Crippen LogP contribution in [0.5, 0.6) is 5.75 Å². The smallest absolute Gasteiger partial charge is 0.254 e. The topological polar surface area (TPSA) is 72.6 Å². The van der Waals surface area contributed by atoms with Gasteiger partial charge in [-0.25, -0.2) is 0 Å². The number of ether oxygens (including phenoxy) is 1. The van der Waals surface area contributed by atoms with E-state index >= 15 is 0 Å². The molecule has 6 heteroatoms. The summed E-state index contributed by atoms with van der Waals surface area (Å²) in [6.45, 7) is 3.00. The lowest BCUT2D eigenvalue weighted by molar-refractivity contribution is -0.130. The van der Waals surface area contributed by atoms with Crippen LogP contribution in [0, 0.1) is 12.3 Å². The number of piperidine rings is 1. The van der Waals surface area contributed by atoms with Crippen LogP contribution >= 0.6 is 11.3 Å². The molecular weight excluding hydrogens is 420 g/mol. The molecule has 2 amide bonds. The molecule has 1 aromatic heterocycles. The average molecular weight is 449 g/mol. The van der Waals surface area contributed by atoms with Crippen LogP contribution in [-0.4, -0.2) is 36.9 Å². The van der Waals surface area contributed by atoms with E-state index in [-0.39, 0.29) is 11.8 Å². The highest BCUT2D eigenvalue weighted by atomic mass is 32.1. The molecule has 0 aliphatic carbocycles. The minimum absolute atomic E-state index is 0.0190. The number of aryl methyl sites for hydroxylation is 1. The minimum atomic E-state index is -0.749. The Balaban J connectivity index is 1.52. The molecule has 1 unspecified atom stereocenters. The van der Waals surface area contributed by atoms with Crippen molar-refractivity contribution in [2.24, 2.45) is 11.1 Å². The Kier molecular flexibility index (Phi) is 6.33. The van der Waals surface area contributed by atoms with Gasteiger partial charge in [-0.2, -0.15) is 0 Å². The molecule has 1 fully saturated rings. The van der Waals surface area contributed by atoms with Crippen LogP contribution < -0.4 is 10.5 Å². The predicted octanol–water partition coefficient (Wildman–Crippen LogP) is 4.68. The fourth-order valence-corrected chi connectivity index (χ4v) is 5.14. The number of methoxy groups -OCH3 is 1. The molecule has 32 heavy (non-hydrogen) atoms. The molecule has 0 radical (unpaired) electrons. The van der Waals surface area contributed by atoms with Gasteiger partial charge >= 0.3 is 0 Å². The lowest BCUT2D eigenvalue weighted by atomic mass is 9.74. The third-order valence-electron chi connectivity index (χ3n) is 6.28. The van der Waals surface area contributed by atoms with Gasteiger partial charge in [-0.3, -0.25) is 9.59 Å². The fraction of sp³-hybridized carbons (Fsp3) is 0.308. The Bertz CT molecular complexity index is 1100. The molecule has 166 valence electrons. The highest BCUT2D eigenvalue weighted by Crippen LogP contribution is 2.35. The Hall–Kier alpha value is -3.12. The standard InChI is InChI=1S/C26H28N2O3S/c1-18-14-22(16-32-18)24(29)28-13-3-12-26(17-28,25(27)30)15-19-4-6-20(7-5-19)21-8-10-23(31-2)11-9-21/h4-11,14,16H,3,12-13,15,17H2,1-2H3,(H2,27,30). The molecule has 1 aliphatic heterocycles. The molecule has 1 saturated heterocycles. The summed E-state index contributed by atoms with van der Waals surface area (Å²) in [5.74, 6) is 0.466. The molecule has 0 saturated carbocycles. The average Bonchev–Trinajstić information content (AvgIpc) is 3.25. The number of benzene rings is 2. The molecule has 3 aromatic rings. The SMILES string of the molecule is COc1ccc(-c2ccc(CC3(C(N)=O)CCCN(C(=O)c4csc(C)c4)C3)cc2)cc1. The highest BCUT2D eigenvalue weighted by molar-refractivity contribution is 7.10. The first-order valence-corrected chi connectivity index (χ1v) is 11.7. The first kappa shape index (κ1) is 22.1. The quantitative estimate of drug-likeness (QED) is 0.595. The molecule has 2 aromatic carbocycles. The van der Waals surface area contributed by atoms with E-state index in [2.05, 4.69) is 12.1 Å². The zero-order valence-electron chi connectivity index (χ0n) is 18.5. The van der Waals surface area contributed by atoms with E-state index in [0.29, 0.717) is 31.5 Å². The number of primary amides is 1. The van der Waals surface area contributed by atoms with Gasteiger partial charge in [-0.05, 0) is 61.1 Å². The summed E-state index contributed by atoms with van der Waals surface area (Å²) in [6, 6.07) is 18.1. The highest BCUT2D eigenvalue weighted by Gasteiger charge is 2.42. The second kappa shape index (κ2) is 9.17. The number of rotatable bonds is 6. The summed E-state index contributed by atoms with van der Waals surface area (Å²) in [4.78, 5) is 28.5. The number of likely N-dealkylation sites (tertiary alicyclic amines) is 1. The lowest BCUT2D eigenvalue weighted by Gasteiger charge is -2.41. The third kappa shape index (κ3) is 4.55. The Morgan fingerprint density at radius 1 is 1.09 bits per heavy atom. The second-order valence-corrected chi connectivity index (χ2v) is 9.64. The van der Waals surface area contributed by atoms with Crippen LogP contribution in [-0.2, 0) is 11.2 Å². The van der Waals surface area contributed by atoms with Crippen LogP contribution in [0.15, 0.2) is 60.0 Å². The van der Waals surface area contributed by atoms with Crippen molar-refractivity contribution in [2.45, 2.75) is 26.2 Å². The summed E-state index contributed by atoms with van der Waals surface area (Å²) in [6.07, 6.45) is 1.98. The van der Waals surface area contributed by atoms with Gasteiger partial charge in [-0.1, -0.05) is 36.4 Å². The van der Waals surface area contributed by atoms with Crippen molar-refractivity contribution >= 4 is 23.2 Å². The number of hydrogen-bond donors (Lipinski definition) is 1. The number of nitrogens with two attached hydrogens (primary N) is 1. The maximum absolute atomic E-state index is 13.0. The maximum atomic E-state index is 13.0. The van der Waals surface area contributed by atoms with Crippen molar-refractivity contribution in [3.05, 3.63) is 76.0 Å². The van der Waals surface area contributed by atoms with E-state index in [9.17, 15) is 9.59 Å². The van der Waals surface area contributed by atoms with E-state index in [1.807, 2.05) is 54.8 Å². The number of thiophene rings is 1. The van der Waals surface area contributed by atoms with Crippen LogP contribution in [0.25, 0.3) is 11.1 Å². The second-order valence-electron chi connectivity index (χ2n) is 8.52. The predicted molar refractivity (Wildman–Crippen MR) is 128 cm³/mol. The molecule has 0 bridgehead atoms. The number of nitrogens with zero attached hydrogens (tertiary/aromatic N) is 1. The molecular formula is C26H28N2O3S. The molecule has 1 aliphatic rings. The van der Waals surface area contributed by atoms with Gasteiger partial charge in [0.05, 0.1) is 18.1 Å². The van der Waals surface area contributed by atoms with Gasteiger partial charge in [0.2, 0.25) is 5.91 Å². The van der Waals surface area contributed by atoms with Crippen molar-refractivity contribution in [2.75, 3.05) is 20.2 Å². The maximum Gasteiger partial charge on any atom is 0.254 e. The van der Waals surface area contributed by atoms with Gasteiger partial charge in [0.1, 0.15) is 5.75 Å². The van der Waals surface area contributed by atoms with Crippen LogP contribution in [0.1, 0.15) is 33.6 Å². The van der Waals surface area contributed by atoms with Crippen LogP contribution in [0.3, 0.4) is 0 Å². The first-order valence-electron chi connectivity index (χ1n) is 10.8. The number of carbonyl (C=O) groups is 2. The molecule has 5 nitrogen and oxygen atoms in total. The minimum Gasteiger partial charge on any atom is -0.497 e. The Labute approximate surface area is 192 Å². The fourth-order valence-electron chi connectivity index (χ4n) is 4.47. The van der Waals surface area contributed by atoms with Crippen LogP contribution in [0.2, 0.25) is 0 Å². The van der Waals surface area contributed by atoms with Crippen molar-refractivity contribution < 1.29 is 14.3 Å². The summed E-state index contributed by atoms with van der Waals surface area (Å²) < 4.78 is 5.23. The van der Waals surface area contributed by atoms with E-state index < -0.39 is 5.41 Å². The Morgan fingerprint density at radius 2 is 1.75 bits per heavy atom. The van der Waals surface area contributed by atoms with E-state index in [4.69, 9.17) is 10.5 Å². The van der Waals surface area contributed by atoms with E-state index in [0.717, 1.165) is 33.7 Å². The summed E-state index contributed by atoms with van der Waals surface area (Å²) in [5.41, 5.74) is 9.10. The van der Waals surface area contributed by atoms with Crippen molar-refractivity contribution in [3.63, 3.8) is 0 Å². The van der Waals surface area contributed by atoms with Crippen molar-refractivity contribution in [3.8, 4) is 16.9 Å². The first-order chi connectivity index (χ1) is 15.4. The number of carbonyl (C=O) groups excluding carboxylic acids is 2.